The Kier molecular flexibility index (Phi) is 3.82. The molecule has 0 aliphatic rings. The van der Waals surface area contributed by atoms with Gasteiger partial charge in [0.1, 0.15) is 11.5 Å². The summed E-state index contributed by atoms with van der Waals surface area (Å²) in [5.74, 6) is 2.01. The van der Waals surface area contributed by atoms with Gasteiger partial charge in [0.05, 0.1) is 6.54 Å². The minimum atomic E-state index is 0.378. The van der Waals surface area contributed by atoms with Gasteiger partial charge in [0.15, 0.2) is 5.89 Å². The van der Waals surface area contributed by atoms with Crippen LogP contribution in [0.2, 0.25) is 0 Å². The summed E-state index contributed by atoms with van der Waals surface area (Å²) in [7, 11) is 0. The lowest BCUT2D eigenvalue weighted by Crippen LogP contribution is -1.97. The lowest BCUT2D eigenvalue weighted by molar-refractivity contribution is 0.477. The summed E-state index contributed by atoms with van der Waals surface area (Å²) < 4.78 is 5.48. The normalized spacial score (nSPS) is 12.7. The number of oxazole rings is 1. The lowest BCUT2D eigenvalue weighted by atomic mass is 9.97. The van der Waals surface area contributed by atoms with Crippen molar-refractivity contribution in [2.24, 2.45) is 5.73 Å². The highest BCUT2D eigenvalue weighted by Gasteiger charge is 2.12. The fourth-order valence-electron chi connectivity index (χ4n) is 2.04. The predicted molar refractivity (Wildman–Crippen MR) is 73.3 cm³/mol. The van der Waals surface area contributed by atoms with Crippen LogP contribution in [0.15, 0.2) is 28.7 Å². The van der Waals surface area contributed by atoms with Gasteiger partial charge < -0.3 is 10.2 Å². The van der Waals surface area contributed by atoms with Crippen molar-refractivity contribution in [3.05, 3.63) is 41.5 Å². The third-order valence-electron chi connectivity index (χ3n) is 3.36. The number of nitrogens with two attached hydrogens (primary N) is 1. The topological polar surface area (TPSA) is 52.0 Å². The van der Waals surface area contributed by atoms with Gasteiger partial charge in [-0.25, -0.2) is 4.98 Å². The summed E-state index contributed by atoms with van der Waals surface area (Å²) in [6, 6.07) is 8.51. The average Bonchev–Trinajstić information content (AvgIpc) is 2.79. The second-order valence-corrected chi connectivity index (χ2v) is 4.64. The van der Waals surface area contributed by atoms with Gasteiger partial charge in [-0.15, -0.1) is 0 Å². The molecule has 0 aliphatic heterocycles. The van der Waals surface area contributed by atoms with Crippen LogP contribution in [0.3, 0.4) is 0 Å². The molecule has 0 bridgehead atoms. The predicted octanol–water partition coefficient (Wildman–Crippen LogP) is 3.62. The quantitative estimate of drug-likeness (QED) is 0.893. The molecule has 18 heavy (non-hydrogen) atoms. The third-order valence-corrected chi connectivity index (χ3v) is 3.36. The van der Waals surface area contributed by atoms with Crippen LogP contribution < -0.4 is 5.73 Å². The van der Waals surface area contributed by atoms with Crippen LogP contribution in [-0.2, 0) is 6.54 Å². The van der Waals surface area contributed by atoms with E-state index in [0.717, 1.165) is 23.4 Å². The van der Waals surface area contributed by atoms with E-state index >= 15 is 0 Å². The first-order valence-corrected chi connectivity index (χ1v) is 6.42. The van der Waals surface area contributed by atoms with E-state index in [1.165, 1.54) is 5.56 Å². The molecule has 0 fully saturated rings. The molecule has 1 heterocycles. The Morgan fingerprint density at radius 3 is 2.50 bits per heavy atom. The second kappa shape index (κ2) is 5.36. The Labute approximate surface area is 108 Å². The van der Waals surface area contributed by atoms with E-state index in [-0.39, 0.29) is 0 Å². The molecule has 0 amide bonds. The maximum Gasteiger partial charge on any atom is 0.191 e. The number of aromatic nitrogens is 1. The molecule has 2 aromatic rings. The standard InChI is InChI=1S/C15H20N2O/c1-4-10(2)12-5-7-13(8-6-12)15-14(9-16)18-11(3)17-15/h5-8,10H,4,9,16H2,1-3H3. The fraction of sp³-hybridized carbons (Fsp3) is 0.400. The van der Waals surface area contributed by atoms with Crippen molar-refractivity contribution >= 4 is 0 Å². The van der Waals surface area contributed by atoms with Crippen LogP contribution in [0.25, 0.3) is 11.3 Å². The maximum absolute atomic E-state index is 5.67. The maximum atomic E-state index is 5.67. The van der Waals surface area contributed by atoms with Gasteiger partial charge in [-0.3, -0.25) is 0 Å². The Hall–Kier alpha value is -1.61. The van der Waals surface area contributed by atoms with Crippen molar-refractivity contribution in [1.82, 2.24) is 4.98 Å². The van der Waals surface area contributed by atoms with Crippen LogP contribution in [0.1, 0.15) is 43.4 Å². The Bertz CT molecular complexity index is 514. The Morgan fingerprint density at radius 1 is 1.28 bits per heavy atom. The highest BCUT2D eigenvalue weighted by molar-refractivity contribution is 5.61. The summed E-state index contributed by atoms with van der Waals surface area (Å²) >= 11 is 0. The molecule has 0 saturated carbocycles. The van der Waals surface area contributed by atoms with E-state index < -0.39 is 0 Å². The van der Waals surface area contributed by atoms with Crippen molar-refractivity contribution in [2.75, 3.05) is 0 Å². The molecule has 2 rings (SSSR count). The molecule has 0 spiro atoms. The summed E-state index contributed by atoms with van der Waals surface area (Å²) in [5, 5.41) is 0. The first kappa shape index (κ1) is 12.8. The molecule has 3 nitrogen and oxygen atoms in total. The first-order chi connectivity index (χ1) is 8.65. The zero-order chi connectivity index (χ0) is 13.1. The Morgan fingerprint density at radius 2 is 1.94 bits per heavy atom. The second-order valence-electron chi connectivity index (χ2n) is 4.64. The van der Waals surface area contributed by atoms with Crippen LogP contribution in [0.4, 0.5) is 0 Å². The van der Waals surface area contributed by atoms with Crippen LogP contribution >= 0.6 is 0 Å². The van der Waals surface area contributed by atoms with Crippen molar-refractivity contribution in [2.45, 2.75) is 39.7 Å². The van der Waals surface area contributed by atoms with Crippen LogP contribution in [0.5, 0.6) is 0 Å². The average molecular weight is 244 g/mol. The van der Waals surface area contributed by atoms with Gasteiger partial charge in [0.2, 0.25) is 0 Å². The summed E-state index contributed by atoms with van der Waals surface area (Å²) in [5.41, 5.74) is 8.96. The number of hydrogen-bond donors (Lipinski definition) is 1. The van der Waals surface area contributed by atoms with Gasteiger partial charge in [-0.05, 0) is 17.9 Å². The molecule has 2 N–H and O–H groups in total. The van der Waals surface area contributed by atoms with E-state index in [4.69, 9.17) is 10.2 Å². The van der Waals surface area contributed by atoms with Gasteiger partial charge >= 0.3 is 0 Å². The monoisotopic (exact) mass is 244 g/mol. The molecule has 1 aromatic carbocycles. The molecule has 1 aromatic heterocycles. The molecular weight excluding hydrogens is 224 g/mol. The molecule has 0 aliphatic carbocycles. The molecule has 1 atom stereocenters. The minimum absolute atomic E-state index is 0.378. The fourth-order valence-corrected chi connectivity index (χ4v) is 2.04. The molecular formula is C15H20N2O. The van der Waals surface area contributed by atoms with Crippen molar-refractivity contribution in [3.63, 3.8) is 0 Å². The summed E-state index contributed by atoms with van der Waals surface area (Å²) in [4.78, 5) is 4.40. The van der Waals surface area contributed by atoms with E-state index in [2.05, 4.69) is 43.1 Å². The smallest absolute Gasteiger partial charge is 0.191 e. The number of aryl methyl sites for hydroxylation is 1. The van der Waals surface area contributed by atoms with E-state index in [0.29, 0.717) is 18.4 Å². The molecule has 1 unspecified atom stereocenters. The number of rotatable bonds is 4. The van der Waals surface area contributed by atoms with Gasteiger partial charge in [-0.1, -0.05) is 38.1 Å². The van der Waals surface area contributed by atoms with E-state index in [9.17, 15) is 0 Å². The van der Waals surface area contributed by atoms with Gasteiger partial charge in [0.25, 0.3) is 0 Å². The van der Waals surface area contributed by atoms with Crippen molar-refractivity contribution in [3.8, 4) is 11.3 Å². The Balaban J connectivity index is 2.34. The lowest BCUT2D eigenvalue weighted by Gasteiger charge is -2.09. The highest BCUT2D eigenvalue weighted by Crippen LogP contribution is 2.26. The molecule has 0 radical (unpaired) electrons. The summed E-state index contributed by atoms with van der Waals surface area (Å²) in [6.07, 6.45) is 1.15. The summed E-state index contributed by atoms with van der Waals surface area (Å²) in [6.45, 7) is 6.66. The largest absolute Gasteiger partial charge is 0.444 e. The highest BCUT2D eigenvalue weighted by atomic mass is 16.4. The van der Waals surface area contributed by atoms with Gasteiger partial charge in [0, 0.05) is 12.5 Å². The first-order valence-electron chi connectivity index (χ1n) is 6.42. The number of benzene rings is 1. The molecule has 0 saturated heterocycles. The zero-order valence-corrected chi connectivity index (χ0v) is 11.2. The van der Waals surface area contributed by atoms with Gasteiger partial charge in [-0.2, -0.15) is 0 Å². The number of nitrogens with zero attached hydrogens (tertiary/aromatic N) is 1. The minimum Gasteiger partial charge on any atom is -0.444 e. The van der Waals surface area contributed by atoms with E-state index in [1.54, 1.807) is 0 Å². The number of hydrogen-bond acceptors (Lipinski definition) is 3. The SMILES string of the molecule is CCC(C)c1ccc(-c2nc(C)oc2CN)cc1. The van der Waals surface area contributed by atoms with Crippen molar-refractivity contribution < 1.29 is 4.42 Å². The third kappa shape index (κ3) is 2.46. The molecule has 96 valence electrons. The van der Waals surface area contributed by atoms with Crippen LogP contribution in [0, 0.1) is 6.92 Å². The van der Waals surface area contributed by atoms with Crippen LogP contribution in [-0.4, -0.2) is 4.98 Å². The van der Waals surface area contributed by atoms with E-state index in [1.807, 2.05) is 6.92 Å². The van der Waals surface area contributed by atoms with Crippen molar-refractivity contribution in [1.29, 1.82) is 0 Å². The zero-order valence-electron chi connectivity index (χ0n) is 11.2. The molecule has 3 heteroatoms.